The van der Waals surface area contributed by atoms with Gasteiger partial charge in [0.25, 0.3) is 0 Å². The average molecular weight is 346 g/mol. The van der Waals surface area contributed by atoms with Crippen LogP contribution >= 0.6 is 0 Å². The summed E-state index contributed by atoms with van der Waals surface area (Å²) in [6.45, 7) is 4.12. The molecule has 0 saturated heterocycles. The quantitative estimate of drug-likeness (QED) is 0.333. The van der Waals surface area contributed by atoms with Gasteiger partial charge >= 0.3 is 23.9 Å². The van der Waals surface area contributed by atoms with Crippen molar-refractivity contribution in [3.8, 4) is 0 Å². The molecular formula is C15H26N2O7. The minimum Gasteiger partial charge on any atom is -0.481 e. The zero-order chi connectivity index (χ0) is 18.7. The largest absolute Gasteiger partial charge is 0.481 e. The Morgan fingerprint density at radius 2 is 1.25 bits per heavy atom. The van der Waals surface area contributed by atoms with Crippen LogP contribution in [0.3, 0.4) is 0 Å². The fourth-order valence-electron chi connectivity index (χ4n) is 2.04. The highest BCUT2D eigenvalue weighted by atomic mass is 16.4. The predicted octanol–water partition coefficient (Wildman–Crippen LogP) is 1.27. The second kappa shape index (κ2) is 11.3. The number of hydrogen-bond donors (Lipinski definition) is 5. The Hall–Kier alpha value is -2.32. The number of carboxylic acid groups (broad SMARTS) is 3. The maximum atomic E-state index is 11.8. The van der Waals surface area contributed by atoms with E-state index in [9.17, 15) is 19.2 Å². The standard InChI is InChI=1S/C15H26N2O7/c1-9(2)5-3-4-6-10(13(20)21)16-15(24)17-11(14(22)23)7-8-12(18)19/h9-11H,3-8H2,1-2H3,(H,18,19)(H,20,21)(H,22,23)(H2,16,17,24). The van der Waals surface area contributed by atoms with Crippen molar-refractivity contribution in [3.63, 3.8) is 0 Å². The molecule has 9 heteroatoms. The van der Waals surface area contributed by atoms with Crippen LogP contribution in [0.25, 0.3) is 0 Å². The van der Waals surface area contributed by atoms with Gasteiger partial charge in [-0.15, -0.1) is 0 Å². The molecule has 0 bridgehead atoms. The number of amides is 2. The minimum atomic E-state index is -1.39. The summed E-state index contributed by atoms with van der Waals surface area (Å²) in [5.41, 5.74) is 0. The predicted molar refractivity (Wildman–Crippen MR) is 84.7 cm³/mol. The van der Waals surface area contributed by atoms with E-state index in [1.807, 2.05) is 0 Å². The molecule has 0 saturated carbocycles. The van der Waals surface area contributed by atoms with Crippen LogP contribution < -0.4 is 10.6 Å². The highest BCUT2D eigenvalue weighted by molar-refractivity contribution is 5.86. The molecule has 0 radical (unpaired) electrons. The van der Waals surface area contributed by atoms with Gasteiger partial charge < -0.3 is 26.0 Å². The van der Waals surface area contributed by atoms with E-state index in [2.05, 4.69) is 24.5 Å². The first kappa shape index (κ1) is 21.7. The lowest BCUT2D eigenvalue weighted by Gasteiger charge is -2.18. The molecule has 9 nitrogen and oxygen atoms in total. The number of unbranched alkanes of at least 4 members (excludes halogenated alkanes) is 1. The molecule has 138 valence electrons. The number of nitrogens with one attached hydrogen (secondary N) is 2. The molecule has 0 spiro atoms. The molecule has 2 unspecified atom stereocenters. The first-order valence-electron chi connectivity index (χ1n) is 7.88. The van der Waals surface area contributed by atoms with Gasteiger partial charge in [-0.25, -0.2) is 14.4 Å². The molecule has 0 fully saturated rings. The summed E-state index contributed by atoms with van der Waals surface area (Å²) in [4.78, 5) is 44.4. The Kier molecular flexibility index (Phi) is 10.2. The van der Waals surface area contributed by atoms with Crippen LogP contribution in [0.5, 0.6) is 0 Å². The van der Waals surface area contributed by atoms with E-state index in [0.29, 0.717) is 12.3 Å². The summed E-state index contributed by atoms with van der Waals surface area (Å²) in [6.07, 6.45) is 1.94. The summed E-state index contributed by atoms with van der Waals surface area (Å²) in [5, 5.41) is 30.9. The van der Waals surface area contributed by atoms with Crippen LogP contribution in [0.4, 0.5) is 4.79 Å². The average Bonchev–Trinajstić information content (AvgIpc) is 2.45. The smallest absolute Gasteiger partial charge is 0.326 e. The highest BCUT2D eigenvalue weighted by Crippen LogP contribution is 2.10. The first-order chi connectivity index (χ1) is 11.1. The number of carbonyl (C=O) groups is 4. The van der Waals surface area contributed by atoms with Gasteiger partial charge in [-0.2, -0.15) is 0 Å². The molecule has 0 aliphatic carbocycles. The SMILES string of the molecule is CC(C)CCCCC(NC(=O)NC(CCC(=O)O)C(=O)O)C(=O)O. The lowest BCUT2D eigenvalue weighted by Crippen LogP contribution is -2.51. The molecule has 0 aliphatic rings. The van der Waals surface area contributed by atoms with E-state index in [1.165, 1.54) is 0 Å². The van der Waals surface area contributed by atoms with Crippen molar-refractivity contribution in [2.24, 2.45) is 5.92 Å². The Bertz CT molecular complexity index is 451. The third-order valence-electron chi connectivity index (χ3n) is 3.38. The van der Waals surface area contributed by atoms with E-state index >= 15 is 0 Å². The van der Waals surface area contributed by atoms with Crippen molar-refractivity contribution in [1.82, 2.24) is 10.6 Å². The van der Waals surface area contributed by atoms with Crippen molar-refractivity contribution in [2.45, 2.75) is 64.5 Å². The van der Waals surface area contributed by atoms with Crippen LogP contribution in [0.2, 0.25) is 0 Å². The molecule has 0 rings (SSSR count). The monoisotopic (exact) mass is 346 g/mol. The molecule has 0 aromatic carbocycles. The van der Waals surface area contributed by atoms with Gasteiger partial charge in [0.1, 0.15) is 12.1 Å². The second-order valence-electron chi connectivity index (χ2n) is 6.01. The first-order valence-corrected chi connectivity index (χ1v) is 7.88. The van der Waals surface area contributed by atoms with Crippen molar-refractivity contribution in [2.75, 3.05) is 0 Å². The van der Waals surface area contributed by atoms with E-state index in [4.69, 9.17) is 15.3 Å². The molecule has 0 aromatic heterocycles. The fourth-order valence-corrected chi connectivity index (χ4v) is 2.04. The fraction of sp³-hybridized carbons (Fsp3) is 0.733. The zero-order valence-corrected chi connectivity index (χ0v) is 13.9. The topological polar surface area (TPSA) is 153 Å². The van der Waals surface area contributed by atoms with Crippen molar-refractivity contribution in [3.05, 3.63) is 0 Å². The summed E-state index contributed by atoms with van der Waals surface area (Å²) in [5.74, 6) is -3.26. The normalized spacial score (nSPS) is 13.1. The lowest BCUT2D eigenvalue weighted by atomic mass is 10.0. The number of carboxylic acids is 3. The van der Waals surface area contributed by atoms with Crippen LogP contribution in [0.15, 0.2) is 0 Å². The summed E-state index contributed by atoms with van der Waals surface area (Å²) in [7, 11) is 0. The highest BCUT2D eigenvalue weighted by Gasteiger charge is 2.24. The van der Waals surface area contributed by atoms with Crippen LogP contribution in [0, 0.1) is 5.92 Å². The maximum absolute atomic E-state index is 11.8. The van der Waals surface area contributed by atoms with E-state index in [-0.39, 0.29) is 12.8 Å². The number of aliphatic carboxylic acids is 3. The van der Waals surface area contributed by atoms with Gasteiger partial charge in [0.15, 0.2) is 0 Å². The van der Waals surface area contributed by atoms with Crippen LogP contribution in [-0.4, -0.2) is 51.3 Å². The summed E-state index contributed by atoms with van der Waals surface area (Å²) >= 11 is 0. The third kappa shape index (κ3) is 10.4. The molecule has 24 heavy (non-hydrogen) atoms. The third-order valence-corrected chi connectivity index (χ3v) is 3.38. The van der Waals surface area contributed by atoms with Crippen molar-refractivity contribution >= 4 is 23.9 Å². The van der Waals surface area contributed by atoms with Crippen molar-refractivity contribution < 1.29 is 34.5 Å². The summed E-state index contributed by atoms with van der Waals surface area (Å²) < 4.78 is 0. The van der Waals surface area contributed by atoms with Gasteiger partial charge in [-0.3, -0.25) is 4.79 Å². The maximum Gasteiger partial charge on any atom is 0.326 e. The molecule has 2 atom stereocenters. The lowest BCUT2D eigenvalue weighted by molar-refractivity contribution is -0.140. The zero-order valence-electron chi connectivity index (χ0n) is 13.9. The summed E-state index contributed by atoms with van der Waals surface area (Å²) in [6, 6.07) is -3.45. The molecular weight excluding hydrogens is 320 g/mol. The van der Waals surface area contributed by atoms with E-state index < -0.39 is 42.4 Å². The Labute approximate surface area is 140 Å². The Morgan fingerprint density at radius 3 is 1.67 bits per heavy atom. The number of urea groups is 1. The second-order valence-corrected chi connectivity index (χ2v) is 6.01. The molecule has 2 amide bonds. The van der Waals surface area contributed by atoms with Crippen LogP contribution in [0.1, 0.15) is 52.4 Å². The van der Waals surface area contributed by atoms with Gasteiger partial charge in [-0.1, -0.05) is 33.1 Å². The van der Waals surface area contributed by atoms with Crippen LogP contribution in [-0.2, 0) is 14.4 Å². The minimum absolute atomic E-state index is 0.238. The van der Waals surface area contributed by atoms with Gasteiger partial charge in [-0.05, 0) is 18.8 Å². The molecule has 0 heterocycles. The number of carbonyl (C=O) groups excluding carboxylic acids is 1. The number of rotatable bonds is 12. The molecule has 0 aliphatic heterocycles. The van der Waals surface area contributed by atoms with E-state index in [1.54, 1.807) is 0 Å². The number of hydrogen-bond acceptors (Lipinski definition) is 4. The molecule has 0 aromatic rings. The van der Waals surface area contributed by atoms with Crippen molar-refractivity contribution in [1.29, 1.82) is 0 Å². The van der Waals surface area contributed by atoms with Gasteiger partial charge in [0.05, 0.1) is 0 Å². The Morgan fingerprint density at radius 1 is 0.792 bits per heavy atom. The molecule has 5 N–H and O–H groups in total. The Balaban J connectivity index is 4.45. The van der Waals surface area contributed by atoms with Gasteiger partial charge in [0.2, 0.25) is 0 Å². The van der Waals surface area contributed by atoms with Gasteiger partial charge in [0, 0.05) is 6.42 Å². The van der Waals surface area contributed by atoms with E-state index in [0.717, 1.165) is 12.8 Å².